The number of H-pyrrole nitrogens is 1. The van der Waals surface area contributed by atoms with Crippen molar-refractivity contribution < 1.29 is 9.53 Å². The maximum atomic E-state index is 12.5. The second-order valence-electron chi connectivity index (χ2n) is 5.76. The summed E-state index contributed by atoms with van der Waals surface area (Å²) >= 11 is 1.43. The molecule has 6 nitrogen and oxygen atoms in total. The molecule has 0 radical (unpaired) electrons. The Labute approximate surface area is 148 Å². The van der Waals surface area contributed by atoms with Crippen molar-refractivity contribution in [3.8, 4) is 21.8 Å². The van der Waals surface area contributed by atoms with Gasteiger partial charge in [-0.3, -0.25) is 9.78 Å². The maximum absolute atomic E-state index is 12.5. The number of nitrogens with one attached hydrogen (secondary N) is 1. The van der Waals surface area contributed by atoms with E-state index in [1.165, 1.54) is 18.4 Å². The van der Waals surface area contributed by atoms with E-state index < -0.39 is 5.97 Å². The van der Waals surface area contributed by atoms with E-state index >= 15 is 0 Å². The monoisotopic (exact) mass is 355 g/mol. The Kier molecular flexibility index (Phi) is 4.76. The molecule has 3 rings (SSSR count). The van der Waals surface area contributed by atoms with Crippen LogP contribution in [-0.2, 0) is 4.74 Å². The summed E-state index contributed by atoms with van der Waals surface area (Å²) in [6.45, 7) is 3.81. The molecule has 0 aromatic carbocycles. The summed E-state index contributed by atoms with van der Waals surface area (Å²) in [5.41, 5.74) is 2.44. The van der Waals surface area contributed by atoms with Gasteiger partial charge < -0.3 is 9.72 Å². The van der Waals surface area contributed by atoms with Gasteiger partial charge in [0.2, 0.25) is 0 Å². The minimum Gasteiger partial charge on any atom is -0.465 e. The Morgan fingerprint density at radius 1 is 1.28 bits per heavy atom. The van der Waals surface area contributed by atoms with Crippen molar-refractivity contribution in [2.24, 2.45) is 0 Å². The minimum absolute atomic E-state index is 0.0151. The van der Waals surface area contributed by atoms with Crippen LogP contribution >= 0.6 is 11.3 Å². The lowest BCUT2D eigenvalue weighted by molar-refractivity contribution is 0.0598. The zero-order valence-electron chi connectivity index (χ0n) is 14.1. The summed E-state index contributed by atoms with van der Waals surface area (Å²) in [4.78, 5) is 35.9. The van der Waals surface area contributed by atoms with Crippen LogP contribution in [0.2, 0.25) is 0 Å². The molecule has 0 aliphatic rings. The van der Waals surface area contributed by atoms with Gasteiger partial charge in [-0.05, 0) is 24.1 Å². The van der Waals surface area contributed by atoms with E-state index in [1.54, 1.807) is 23.8 Å². The second kappa shape index (κ2) is 6.98. The van der Waals surface area contributed by atoms with Crippen LogP contribution in [0.4, 0.5) is 0 Å². The van der Waals surface area contributed by atoms with Gasteiger partial charge in [0.1, 0.15) is 5.01 Å². The fraction of sp³-hybridized carbons (Fsp3) is 0.222. The number of ether oxygens (including phenoxy) is 1. The van der Waals surface area contributed by atoms with Gasteiger partial charge in [-0.25, -0.2) is 9.78 Å². The summed E-state index contributed by atoms with van der Waals surface area (Å²) in [5.74, 6) is -0.496. The third-order valence-electron chi connectivity index (χ3n) is 3.76. The molecular formula is C18H17N3O3S. The third kappa shape index (κ3) is 3.36. The number of carbonyl (C=O) groups excluding carboxylic acids is 1. The number of methoxy groups -OCH3 is 1. The van der Waals surface area contributed by atoms with Gasteiger partial charge in [-0.15, -0.1) is 11.3 Å². The first-order valence-corrected chi connectivity index (χ1v) is 8.61. The first kappa shape index (κ1) is 17.0. The van der Waals surface area contributed by atoms with E-state index in [0.29, 0.717) is 22.5 Å². The highest BCUT2D eigenvalue weighted by atomic mass is 32.1. The summed E-state index contributed by atoms with van der Waals surface area (Å²) in [7, 11) is 1.32. The number of aromatic amines is 1. The molecule has 3 aromatic rings. The number of hydrogen-bond acceptors (Lipinski definition) is 6. The summed E-state index contributed by atoms with van der Waals surface area (Å²) in [5, 5.41) is 2.58. The van der Waals surface area contributed by atoms with Crippen LogP contribution in [0.3, 0.4) is 0 Å². The van der Waals surface area contributed by atoms with Crippen molar-refractivity contribution in [2.45, 2.75) is 19.8 Å². The molecule has 0 atom stereocenters. The number of nitrogens with zero attached hydrogens (tertiary/aromatic N) is 2. The SMILES string of the molecule is COC(=O)c1cc(-c2csc(-c3ccncc3)n2)c(=O)[nH]c1C(C)C. The molecule has 0 aliphatic heterocycles. The normalized spacial score (nSPS) is 10.9. The largest absolute Gasteiger partial charge is 0.465 e. The molecule has 3 aromatic heterocycles. The van der Waals surface area contributed by atoms with E-state index in [-0.39, 0.29) is 11.5 Å². The van der Waals surface area contributed by atoms with Crippen molar-refractivity contribution in [3.05, 3.63) is 57.6 Å². The number of carbonyl (C=O) groups is 1. The van der Waals surface area contributed by atoms with E-state index in [1.807, 2.05) is 26.0 Å². The summed E-state index contributed by atoms with van der Waals surface area (Å²) in [6, 6.07) is 5.27. The van der Waals surface area contributed by atoms with Gasteiger partial charge in [0.15, 0.2) is 0 Å². The molecule has 0 saturated heterocycles. The molecule has 0 unspecified atom stereocenters. The summed E-state index contributed by atoms with van der Waals surface area (Å²) < 4.78 is 4.85. The Balaban J connectivity index is 2.10. The first-order chi connectivity index (χ1) is 12.0. The van der Waals surface area contributed by atoms with Crippen molar-refractivity contribution in [2.75, 3.05) is 7.11 Å². The van der Waals surface area contributed by atoms with Crippen LogP contribution in [-0.4, -0.2) is 28.0 Å². The Hall–Kier alpha value is -2.80. The predicted molar refractivity (Wildman–Crippen MR) is 96.8 cm³/mol. The van der Waals surface area contributed by atoms with Gasteiger partial charge in [-0.2, -0.15) is 0 Å². The fourth-order valence-corrected chi connectivity index (χ4v) is 3.32. The van der Waals surface area contributed by atoms with Gasteiger partial charge in [0.05, 0.1) is 23.9 Å². The molecule has 0 spiro atoms. The summed E-state index contributed by atoms with van der Waals surface area (Å²) in [6.07, 6.45) is 3.38. The number of hydrogen-bond donors (Lipinski definition) is 1. The zero-order chi connectivity index (χ0) is 18.0. The highest BCUT2D eigenvalue weighted by Gasteiger charge is 2.20. The van der Waals surface area contributed by atoms with E-state index in [4.69, 9.17) is 4.74 Å². The lowest BCUT2D eigenvalue weighted by Gasteiger charge is -2.12. The van der Waals surface area contributed by atoms with Crippen LogP contribution in [0.1, 0.15) is 35.8 Å². The molecule has 0 saturated carbocycles. The molecule has 0 aliphatic carbocycles. The van der Waals surface area contributed by atoms with Crippen molar-refractivity contribution >= 4 is 17.3 Å². The third-order valence-corrected chi connectivity index (χ3v) is 4.65. The van der Waals surface area contributed by atoms with Crippen LogP contribution in [0.15, 0.2) is 40.8 Å². The van der Waals surface area contributed by atoms with Gasteiger partial charge in [0.25, 0.3) is 5.56 Å². The second-order valence-corrected chi connectivity index (χ2v) is 6.62. The van der Waals surface area contributed by atoms with E-state index in [2.05, 4.69) is 15.0 Å². The van der Waals surface area contributed by atoms with Crippen molar-refractivity contribution in [1.82, 2.24) is 15.0 Å². The molecule has 0 bridgehead atoms. The van der Waals surface area contributed by atoms with Crippen LogP contribution in [0.25, 0.3) is 21.8 Å². The molecule has 25 heavy (non-hydrogen) atoms. The van der Waals surface area contributed by atoms with E-state index in [9.17, 15) is 9.59 Å². The first-order valence-electron chi connectivity index (χ1n) is 7.73. The molecule has 0 amide bonds. The van der Waals surface area contributed by atoms with Gasteiger partial charge in [-0.1, -0.05) is 13.8 Å². The molecule has 128 valence electrons. The minimum atomic E-state index is -0.481. The topological polar surface area (TPSA) is 84.9 Å². The average molecular weight is 355 g/mol. The Morgan fingerprint density at radius 3 is 2.64 bits per heavy atom. The van der Waals surface area contributed by atoms with Crippen LogP contribution < -0.4 is 5.56 Å². The smallest absolute Gasteiger partial charge is 0.339 e. The number of rotatable bonds is 4. The van der Waals surface area contributed by atoms with E-state index in [0.717, 1.165) is 10.6 Å². The average Bonchev–Trinajstić information content (AvgIpc) is 3.11. The van der Waals surface area contributed by atoms with Gasteiger partial charge >= 0.3 is 5.97 Å². The number of aromatic nitrogens is 3. The molecule has 0 fully saturated rings. The van der Waals surface area contributed by atoms with Crippen molar-refractivity contribution in [1.29, 1.82) is 0 Å². The Morgan fingerprint density at radius 2 is 2.00 bits per heavy atom. The standard InChI is InChI=1S/C18H17N3O3S/c1-10(2)15-13(18(23)24-3)8-12(16(22)21-15)14-9-25-17(20-14)11-4-6-19-7-5-11/h4-10H,1-3H3,(H,21,22). The molecule has 1 N–H and O–H groups in total. The maximum Gasteiger partial charge on any atom is 0.339 e. The van der Waals surface area contributed by atoms with Crippen LogP contribution in [0, 0.1) is 0 Å². The fourth-order valence-electron chi connectivity index (χ4n) is 2.49. The number of thiazole rings is 1. The molecular weight excluding hydrogens is 338 g/mol. The lowest BCUT2D eigenvalue weighted by atomic mass is 10.0. The number of esters is 1. The highest BCUT2D eigenvalue weighted by Crippen LogP contribution is 2.28. The predicted octanol–water partition coefficient (Wildman–Crippen LogP) is 3.47. The highest BCUT2D eigenvalue weighted by molar-refractivity contribution is 7.13. The molecule has 7 heteroatoms. The van der Waals surface area contributed by atoms with Crippen LogP contribution in [0.5, 0.6) is 0 Å². The van der Waals surface area contributed by atoms with Gasteiger partial charge in [0, 0.05) is 29.0 Å². The number of pyridine rings is 2. The lowest BCUT2D eigenvalue weighted by Crippen LogP contribution is -2.18. The zero-order valence-corrected chi connectivity index (χ0v) is 14.9. The molecule has 3 heterocycles. The Bertz CT molecular complexity index is 961. The van der Waals surface area contributed by atoms with Crippen molar-refractivity contribution in [3.63, 3.8) is 0 Å². The quantitative estimate of drug-likeness (QED) is 0.724.